The van der Waals surface area contributed by atoms with E-state index in [1.165, 1.54) is 22.9 Å². The molecule has 1 saturated heterocycles. The van der Waals surface area contributed by atoms with Gasteiger partial charge >= 0.3 is 0 Å². The summed E-state index contributed by atoms with van der Waals surface area (Å²) < 4.78 is 0. The van der Waals surface area contributed by atoms with Crippen LogP contribution in [0.4, 0.5) is 5.69 Å². The first-order chi connectivity index (χ1) is 13.6. The second-order valence-electron chi connectivity index (χ2n) is 6.69. The van der Waals surface area contributed by atoms with Crippen molar-refractivity contribution in [1.82, 2.24) is 4.90 Å². The van der Waals surface area contributed by atoms with E-state index < -0.39 is 0 Å². The Morgan fingerprint density at radius 3 is 2.18 bits per heavy atom. The summed E-state index contributed by atoms with van der Waals surface area (Å²) in [6.07, 6.45) is 1.93. The number of aryl methyl sites for hydroxylation is 1. The lowest BCUT2D eigenvalue weighted by molar-refractivity contribution is -0.121. The molecule has 3 nitrogen and oxygen atoms in total. The molecule has 0 aliphatic carbocycles. The highest BCUT2D eigenvalue weighted by atomic mass is 32.2. The standard InChI is InChI=1S/C24H20N2OS/c1-17-8-14-21(15-9-17)25-24-26(2)23(27)22(28-24)16-18-10-12-20(13-11-18)19-6-4-3-5-7-19/h3-16H,1-2H3/b22-16-,25-24?. The molecule has 3 aromatic rings. The van der Waals surface area contributed by atoms with E-state index in [1.54, 1.807) is 11.9 Å². The summed E-state index contributed by atoms with van der Waals surface area (Å²) in [7, 11) is 1.77. The molecular weight excluding hydrogens is 364 g/mol. The molecule has 0 unspecified atom stereocenters. The van der Waals surface area contributed by atoms with E-state index in [9.17, 15) is 4.79 Å². The third kappa shape index (κ3) is 3.92. The van der Waals surface area contributed by atoms with Gasteiger partial charge in [0.25, 0.3) is 5.91 Å². The zero-order chi connectivity index (χ0) is 19.5. The maximum absolute atomic E-state index is 12.6. The number of carbonyl (C=O) groups is 1. The Balaban J connectivity index is 1.56. The first kappa shape index (κ1) is 18.3. The van der Waals surface area contributed by atoms with E-state index in [0.717, 1.165) is 16.8 Å². The van der Waals surface area contributed by atoms with Crippen molar-refractivity contribution < 1.29 is 4.79 Å². The fourth-order valence-corrected chi connectivity index (χ4v) is 3.92. The molecule has 0 spiro atoms. The molecule has 28 heavy (non-hydrogen) atoms. The summed E-state index contributed by atoms with van der Waals surface area (Å²) in [6, 6.07) is 26.5. The molecule has 1 amide bonds. The summed E-state index contributed by atoms with van der Waals surface area (Å²) >= 11 is 1.41. The maximum Gasteiger partial charge on any atom is 0.266 e. The fraction of sp³-hybridized carbons (Fsp3) is 0.0833. The van der Waals surface area contributed by atoms with Crippen LogP contribution in [0.25, 0.3) is 17.2 Å². The van der Waals surface area contributed by atoms with Gasteiger partial charge < -0.3 is 0 Å². The molecule has 4 heteroatoms. The Hall–Kier alpha value is -3.11. The van der Waals surface area contributed by atoms with Crippen LogP contribution in [0.3, 0.4) is 0 Å². The molecule has 0 saturated carbocycles. The minimum atomic E-state index is -0.0250. The largest absolute Gasteiger partial charge is 0.290 e. The molecule has 138 valence electrons. The number of carbonyl (C=O) groups excluding carboxylic acids is 1. The summed E-state index contributed by atoms with van der Waals surface area (Å²) in [6.45, 7) is 2.04. The topological polar surface area (TPSA) is 32.7 Å². The molecule has 0 aromatic heterocycles. The van der Waals surface area contributed by atoms with Crippen LogP contribution in [0.5, 0.6) is 0 Å². The Labute approximate surface area is 169 Å². The number of rotatable bonds is 3. The number of amides is 1. The normalized spacial score (nSPS) is 16.9. The quantitative estimate of drug-likeness (QED) is 0.527. The van der Waals surface area contributed by atoms with Crippen molar-refractivity contribution in [3.05, 3.63) is 94.9 Å². The zero-order valence-corrected chi connectivity index (χ0v) is 16.6. The van der Waals surface area contributed by atoms with E-state index in [4.69, 9.17) is 0 Å². The van der Waals surface area contributed by atoms with E-state index in [0.29, 0.717) is 10.1 Å². The van der Waals surface area contributed by atoms with E-state index >= 15 is 0 Å². The number of benzene rings is 3. The fourth-order valence-electron chi connectivity index (χ4n) is 2.94. The molecule has 3 aromatic carbocycles. The van der Waals surface area contributed by atoms with Crippen molar-refractivity contribution in [2.24, 2.45) is 4.99 Å². The van der Waals surface area contributed by atoms with E-state index in [2.05, 4.69) is 29.3 Å². The van der Waals surface area contributed by atoms with Gasteiger partial charge in [-0.15, -0.1) is 0 Å². The molecule has 0 bridgehead atoms. The molecule has 4 rings (SSSR count). The summed E-state index contributed by atoms with van der Waals surface area (Å²) in [5.74, 6) is -0.0250. The average Bonchev–Trinajstić information content (AvgIpc) is 2.99. The van der Waals surface area contributed by atoms with Gasteiger partial charge in [0, 0.05) is 7.05 Å². The smallest absolute Gasteiger partial charge is 0.266 e. The SMILES string of the molecule is Cc1ccc(N=C2S/C(=C\c3ccc(-c4ccccc4)cc3)C(=O)N2C)cc1. The van der Waals surface area contributed by atoms with Crippen molar-refractivity contribution in [1.29, 1.82) is 0 Å². The van der Waals surface area contributed by atoms with Gasteiger partial charge in [-0.05, 0) is 53.6 Å². The van der Waals surface area contributed by atoms with Gasteiger partial charge in [0.1, 0.15) is 0 Å². The zero-order valence-electron chi connectivity index (χ0n) is 15.8. The van der Waals surface area contributed by atoms with Gasteiger partial charge in [-0.1, -0.05) is 72.3 Å². The van der Waals surface area contributed by atoms with Gasteiger partial charge in [0.2, 0.25) is 0 Å². The molecule has 1 aliphatic rings. The number of amidine groups is 1. The predicted octanol–water partition coefficient (Wildman–Crippen LogP) is 5.90. The van der Waals surface area contributed by atoms with Crippen LogP contribution in [-0.2, 0) is 4.79 Å². The lowest BCUT2D eigenvalue weighted by atomic mass is 10.0. The van der Waals surface area contributed by atoms with Crippen molar-refractivity contribution in [2.45, 2.75) is 6.92 Å². The van der Waals surface area contributed by atoms with Crippen LogP contribution in [0.2, 0.25) is 0 Å². The second-order valence-corrected chi connectivity index (χ2v) is 7.70. The summed E-state index contributed by atoms with van der Waals surface area (Å²) in [5, 5.41) is 0.695. The Kier molecular flexibility index (Phi) is 5.13. The van der Waals surface area contributed by atoms with Crippen LogP contribution in [0, 0.1) is 6.92 Å². The van der Waals surface area contributed by atoms with Crippen LogP contribution in [0.1, 0.15) is 11.1 Å². The van der Waals surface area contributed by atoms with Gasteiger partial charge in [-0.2, -0.15) is 0 Å². The number of likely N-dealkylation sites (N-methyl/N-ethyl adjacent to an activating group) is 1. The third-order valence-electron chi connectivity index (χ3n) is 4.58. The number of hydrogen-bond acceptors (Lipinski definition) is 3. The number of thioether (sulfide) groups is 1. The van der Waals surface area contributed by atoms with Crippen molar-refractivity contribution >= 4 is 34.6 Å². The Bertz CT molecular complexity index is 1050. The van der Waals surface area contributed by atoms with Crippen molar-refractivity contribution in [2.75, 3.05) is 7.05 Å². The molecule has 0 radical (unpaired) electrons. The highest BCUT2D eigenvalue weighted by Gasteiger charge is 2.30. The van der Waals surface area contributed by atoms with Crippen molar-refractivity contribution in [3.8, 4) is 11.1 Å². The van der Waals surface area contributed by atoms with Crippen LogP contribution >= 0.6 is 11.8 Å². The predicted molar refractivity (Wildman–Crippen MR) is 118 cm³/mol. The molecular formula is C24H20N2OS. The lowest BCUT2D eigenvalue weighted by Gasteiger charge is -2.07. The molecule has 1 fully saturated rings. The van der Waals surface area contributed by atoms with Gasteiger partial charge in [0.15, 0.2) is 5.17 Å². The third-order valence-corrected chi connectivity index (χ3v) is 5.64. The van der Waals surface area contributed by atoms with Crippen LogP contribution < -0.4 is 0 Å². The van der Waals surface area contributed by atoms with Gasteiger partial charge in [0.05, 0.1) is 10.6 Å². The highest BCUT2D eigenvalue weighted by Crippen LogP contribution is 2.33. The van der Waals surface area contributed by atoms with E-state index in [-0.39, 0.29) is 5.91 Å². The van der Waals surface area contributed by atoms with Gasteiger partial charge in [-0.3, -0.25) is 9.69 Å². The number of aliphatic imine (C=N–C) groups is 1. The maximum atomic E-state index is 12.6. The van der Waals surface area contributed by atoms with Crippen molar-refractivity contribution in [3.63, 3.8) is 0 Å². The monoisotopic (exact) mass is 384 g/mol. The number of hydrogen-bond donors (Lipinski definition) is 0. The minimum Gasteiger partial charge on any atom is -0.290 e. The number of nitrogens with zero attached hydrogens (tertiary/aromatic N) is 2. The van der Waals surface area contributed by atoms with E-state index in [1.807, 2.05) is 67.6 Å². The summed E-state index contributed by atoms with van der Waals surface area (Å²) in [5.41, 5.74) is 5.38. The second kappa shape index (κ2) is 7.87. The Morgan fingerprint density at radius 1 is 0.857 bits per heavy atom. The molecule has 1 aliphatic heterocycles. The summed E-state index contributed by atoms with van der Waals surface area (Å²) in [4.78, 5) is 19.5. The van der Waals surface area contributed by atoms with Crippen LogP contribution in [0.15, 0.2) is 88.8 Å². The molecule has 0 atom stereocenters. The Morgan fingerprint density at radius 2 is 1.50 bits per heavy atom. The average molecular weight is 385 g/mol. The minimum absolute atomic E-state index is 0.0250. The lowest BCUT2D eigenvalue weighted by Crippen LogP contribution is -2.23. The van der Waals surface area contributed by atoms with Crippen LogP contribution in [-0.4, -0.2) is 23.0 Å². The first-order valence-corrected chi connectivity index (χ1v) is 9.90. The highest BCUT2D eigenvalue weighted by molar-refractivity contribution is 8.18. The molecule has 0 N–H and O–H groups in total. The van der Waals surface area contributed by atoms with Gasteiger partial charge in [-0.25, -0.2) is 4.99 Å². The molecule has 1 heterocycles. The first-order valence-electron chi connectivity index (χ1n) is 9.08.